The fraction of sp³-hybridized carbons (Fsp3) is 0.389. The van der Waals surface area contributed by atoms with E-state index in [1.165, 1.54) is 7.11 Å². The molecule has 9 heteroatoms. The van der Waals surface area contributed by atoms with Gasteiger partial charge in [-0.25, -0.2) is 0 Å². The number of rotatable bonds is 7. The van der Waals surface area contributed by atoms with E-state index in [4.69, 9.17) is 14.2 Å². The zero-order valence-corrected chi connectivity index (χ0v) is 17.8. The van der Waals surface area contributed by atoms with E-state index >= 15 is 0 Å². The van der Waals surface area contributed by atoms with Crippen molar-refractivity contribution in [1.29, 1.82) is 0 Å². The SMILES string of the molecule is CCOc1cc(Br)c(/C=C2\SC(=O)N(CC(=O)OC(C)C)C2=O)cc1OC. The average Bonchev–Trinajstić information content (AvgIpc) is 2.84. The van der Waals surface area contributed by atoms with Crippen molar-refractivity contribution in [2.24, 2.45) is 0 Å². The van der Waals surface area contributed by atoms with Crippen LogP contribution in [0.4, 0.5) is 4.79 Å². The third-order valence-corrected chi connectivity index (χ3v) is 4.99. The van der Waals surface area contributed by atoms with Gasteiger partial charge in [0.25, 0.3) is 11.1 Å². The van der Waals surface area contributed by atoms with Crippen molar-refractivity contribution in [3.63, 3.8) is 0 Å². The first-order valence-electron chi connectivity index (χ1n) is 8.22. The van der Waals surface area contributed by atoms with Crippen LogP contribution in [0.15, 0.2) is 21.5 Å². The van der Waals surface area contributed by atoms with Crippen molar-refractivity contribution >= 4 is 50.9 Å². The molecule has 0 bridgehead atoms. The molecule has 0 spiro atoms. The molecule has 0 saturated carbocycles. The molecule has 7 nitrogen and oxygen atoms in total. The Morgan fingerprint density at radius 3 is 2.59 bits per heavy atom. The van der Waals surface area contributed by atoms with Crippen molar-refractivity contribution in [2.45, 2.75) is 26.9 Å². The van der Waals surface area contributed by atoms with Gasteiger partial charge in [0, 0.05) is 4.47 Å². The molecule has 0 aliphatic carbocycles. The lowest BCUT2D eigenvalue weighted by Crippen LogP contribution is -2.35. The van der Waals surface area contributed by atoms with E-state index in [1.807, 2.05) is 6.92 Å². The number of methoxy groups -OCH3 is 1. The number of hydrogen-bond acceptors (Lipinski definition) is 7. The number of amides is 2. The molecule has 0 radical (unpaired) electrons. The maximum Gasteiger partial charge on any atom is 0.326 e. The van der Waals surface area contributed by atoms with Gasteiger partial charge < -0.3 is 14.2 Å². The molecule has 1 aromatic rings. The predicted molar refractivity (Wildman–Crippen MR) is 106 cm³/mol. The first kappa shape index (κ1) is 21.3. The Kier molecular flexibility index (Phi) is 7.32. The molecule has 1 aromatic carbocycles. The number of thioether (sulfide) groups is 1. The number of imide groups is 1. The Balaban J connectivity index is 2.26. The van der Waals surface area contributed by atoms with Gasteiger partial charge in [0.15, 0.2) is 11.5 Å². The monoisotopic (exact) mass is 457 g/mol. The Morgan fingerprint density at radius 1 is 1.30 bits per heavy atom. The summed E-state index contributed by atoms with van der Waals surface area (Å²) < 4.78 is 16.5. The average molecular weight is 458 g/mol. The maximum atomic E-state index is 12.5. The van der Waals surface area contributed by atoms with Crippen LogP contribution in [0.25, 0.3) is 6.08 Å². The summed E-state index contributed by atoms with van der Waals surface area (Å²) in [7, 11) is 1.52. The molecule has 2 rings (SSSR count). The van der Waals surface area contributed by atoms with Crippen molar-refractivity contribution < 1.29 is 28.6 Å². The van der Waals surface area contributed by atoms with Crippen LogP contribution in [0.3, 0.4) is 0 Å². The summed E-state index contributed by atoms with van der Waals surface area (Å²) in [5, 5.41) is -0.513. The number of nitrogens with zero attached hydrogens (tertiary/aromatic N) is 1. The molecule has 1 aliphatic heterocycles. The molecular weight excluding hydrogens is 438 g/mol. The van der Waals surface area contributed by atoms with E-state index in [2.05, 4.69) is 15.9 Å². The highest BCUT2D eigenvalue weighted by Crippen LogP contribution is 2.38. The van der Waals surface area contributed by atoms with Gasteiger partial charge in [-0.15, -0.1) is 0 Å². The molecule has 1 fully saturated rings. The number of halogens is 1. The third-order valence-electron chi connectivity index (χ3n) is 3.40. The molecule has 146 valence electrons. The number of carbonyl (C=O) groups excluding carboxylic acids is 3. The lowest BCUT2D eigenvalue weighted by molar-refractivity contribution is -0.149. The molecule has 1 aliphatic rings. The van der Waals surface area contributed by atoms with Gasteiger partial charge in [0.05, 0.1) is 24.7 Å². The number of carbonyl (C=O) groups is 3. The highest BCUT2D eigenvalue weighted by molar-refractivity contribution is 9.10. The lowest BCUT2D eigenvalue weighted by Gasteiger charge is -2.13. The predicted octanol–water partition coefficient (Wildman–Crippen LogP) is 3.84. The number of esters is 1. The summed E-state index contributed by atoms with van der Waals surface area (Å²) in [4.78, 5) is 37.5. The van der Waals surface area contributed by atoms with Gasteiger partial charge in [-0.1, -0.05) is 15.9 Å². The van der Waals surface area contributed by atoms with Crippen molar-refractivity contribution in [3.05, 3.63) is 27.1 Å². The molecule has 1 saturated heterocycles. The Hall–Kier alpha value is -2.00. The molecule has 0 aromatic heterocycles. The van der Waals surface area contributed by atoms with E-state index in [0.29, 0.717) is 28.1 Å². The van der Waals surface area contributed by atoms with Gasteiger partial charge in [0.1, 0.15) is 6.54 Å². The van der Waals surface area contributed by atoms with Crippen molar-refractivity contribution in [1.82, 2.24) is 4.90 Å². The zero-order valence-electron chi connectivity index (χ0n) is 15.4. The summed E-state index contributed by atoms with van der Waals surface area (Å²) in [6.45, 7) is 5.33. The second kappa shape index (κ2) is 9.27. The van der Waals surface area contributed by atoms with Crippen LogP contribution in [0.1, 0.15) is 26.3 Å². The minimum Gasteiger partial charge on any atom is -0.493 e. The lowest BCUT2D eigenvalue weighted by atomic mass is 10.2. The largest absolute Gasteiger partial charge is 0.493 e. The van der Waals surface area contributed by atoms with Crippen molar-refractivity contribution in [3.8, 4) is 11.5 Å². The minimum absolute atomic E-state index is 0.212. The third kappa shape index (κ3) is 5.26. The minimum atomic E-state index is -0.627. The van der Waals surface area contributed by atoms with Gasteiger partial charge in [-0.3, -0.25) is 19.3 Å². The molecule has 1 heterocycles. The highest BCUT2D eigenvalue weighted by atomic mass is 79.9. The molecular formula is C18H20BrNO6S. The molecule has 0 unspecified atom stereocenters. The van der Waals surface area contributed by atoms with E-state index in [9.17, 15) is 14.4 Å². The Labute approximate surface area is 170 Å². The molecule has 0 atom stereocenters. The van der Waals surface area contributed by atoms with Crippen molar-refractivity contribution in [2.75, 3.05) is 20.3 Å². The highest BCUT2D eigenvalue weighted by Gasteiger charge is 2.37. The fourth-order valence-corrected chi connectivity index (χ4v) is 3.56. The maximum absolute atomic E-state index is 12.5. The molecule has 2 amide bonds. The summed E-state index contributed by atoms with van der Waals surface area (Å²) in [6.07, 6.45) is 1.25. The summed E-state index contributed by atoms with van der Waals surface area (Å²) >= 11 is 4.20. The van der Waals surface area contributed by atoms with E-state index in [1.54, 1.807) is 32.1 Å². The number of benzene rings is 1. The van der Waals surface area contributed by atoms with Crippen LogP contribution in [0.5, 0.6) is 11.5 Å². The van der Waals surface area contributed by atoms with E-state index in [0.717, 1.165) is 16.7 Å². The number of ether oxygens (including phenoxy) is 3. The number of hydrogen-bond donors (Lipinski definition) is 0. The Bertz CT molecular complexity index is 792. The van der Waals surface area contributed by atoms with Crippen LogP contribution in [0.2, 0.25) is 0 Å². The van der Waals surface area contributed by atoms with Crippen LogP contribution in [0, 0.1) is 0 Å². The topological polar surface area (TPSA) is 82.1 Å². The van der Waals surface area contributed by atoms with E-state index in [-0.39, 0.29) is 11.0 Å². The zero-order chi connectivity index (χ0) is 20.1. The first-order chi connectivity index (χ1) is 12.8. The normalized spacial score (nSPS) is 15.6. The van der Waals surface area contributed by atoms with Crippen LogP contribution < -0.4 is 9.47 Å². The molecule has 27 heavy (non-hydrogen) atoms. The van der Waals surface area contributed by atoms with E-state index < -0.39 is 23.7 Å². The van der Waals surface area contributed by atoms with Crippen LogP contribution >= 0.6 is 27.7 Å². The standard InChI is InChI=1S/C18H20BrNO6S/c1-5-25-14-8-12(19)11(6-13(14)24-4)7-15-17(22)20(18(23)27-15)9-16(21)26-10(2)3/h6-8,10H,5,9H2,1-4H3/b15-7-. The van der Waals surface area contributed by atoms with Gasteiger partial charge in [0.2, 0.25) is 0 Å². The first-order valence-corrected chi connectivity index (χ1v) is 9.82. The summed E-state index contributed by atoms with van der Waals surface area (Å²) in [5.74, 6) is -0.0949. The quantitative estimate of drug-likeness (QED) is 0.454. The second-order valence-corrected chi connectivity index (χ2v) is 7.61. The van der Waals surface area contributed by atoms with Crippen LogP contribution in [-0.2, 0) is 14.3 Å². The molecule has 0 N–H and O–H groups in total. The second-order valence-electron chi connectivity index (χ2n) is 5.76. The van der Waals surface area contributed by atoms with Gasteiger partial charge in [-0.2, -0.15) is 0 Å². The summed E-state index contributed by atoms with van der Waals surface area (Å²) in [6, 6.07) is 3.44. The van der Waals surface area contributed by atoms with Gasteiger partial charge >= 0.3 is 5.97 Å². The van der Waals surface area contributed by atoms with Gasteiger partial charge in [-0.05, 0) is 56.3 Å². The fourth-order valence-electron chi connectivity index (χ4n) is 2.30. The summed E-state index contributed by atoms with van der Waals surface area (Å²) in [5.41, 5.74) is 0.644. The smallest absolute Gasteiger partial charge is 0.326 e. The Morgan fingerprint density at radius 2 is 2.00 bits per heavy atom. The van der Waals surface area contributed by atoms with Crippen LogP contribution in [-0.4, -0.2) is 48.4 Å².